The van der Waals surface area contributed by atoms with E-state index in [1.807, 2.05) is 0 Å². The molecule has 1 aliphatic heterocycles. The molecule has 0 aromatic heterocycles. The average molecular weight is 289 g/mol. The van der Waals surface area contributed by atoms with Crippen LogP contribution in [0.2, 0.25) is 0 Å². The molecular weight excluding hydrogens is 258 g/mol. The quantitative estimate of drug-likeness (QED) is 0.789. The Morgan fingerprint density at radius 1 is 1.05 bits per heavy atom. The summed E-state index contributed by atoms with van der Waals surface area (Å²) in [4.78, 5) is 2.63. The zero-order valence-electron chi connectivity index (χ0n) is 14.4. The van der Waals surface area contributed by atoms with Crippen molar-refractivity contribution in [2.45, 2.75) is 71.4 Å². The number of rotatable bonds is 3. The van der Waals surface area contributed by atoms with Crippen LogP contribution in [0.25, 0.3) is 0 Å². The van der Waals surface area contributed by atoms with E-state index in [0.29, 0.717) is 11.5 Å². The lowest BCUT2D eigenvalue weighted by Gasteiger charge is -2.34. The van der Waals surface area contributed by atoms with Gasteiger partial charge in [0.2, 0.25) is 0 Å². The summed E-state index contributed by atoms with van der Waals surface area (Å²) in [6.45, 7) is 13.6. The van der Waals surface area contributed by atoms with Crippen LogP contribution >= 0.6 is 0 Å². The summed E-state index contributed by atoms with van der Waals surface area (Å²) in [7, 11) is 0. The van der Waals surface area contributed by atoms with Crippen LogP contribution < -0.4 is 4.74 Å². The highest BCUT2D eigenvalue weighted by Gasteiger charge is 2.25. The second-order valence-corrected chi connectivity index (χ2v) is 7.52. The van der Waals surface area contributed by atoms with E-state index in [2.05, 4.69) is 63.8 Å². The van der Waals surface area contributed by atoms with Crippen LogP contribution in [0.3, 0.4) is 0 Å². The van der Waals surface area contributed by atoms with Gasteiger partial charge < -0.3 is 4.74 Å². The predicted octanol–water partition coefficient (Wildman–Crippen LogP) is 4.84. The number of benzene rings is 1. The summed E-state index contributed by atoms with van der Waals surface area (Å²) in [5.74, 6) is 1.68. The zero-order chi connectivity index (χ0) is 15.5. The minimum absolute atomic E-state index is 0.245. The van der Waals surface area contributed by atoms with Gasteiger partial charge >= 0.3 is 0 Å². The summed E-state index contributed by atoms with van der Waals surface area (Å²) in [5.41, 5.74) is 1.77. The highest BCUT2D eigenvalue weighted by molar-refractivity contribution is 5.29. The largest absolute Gasteiger partial charge is 0.491 e. The number of ether oxygens (including phenoxy) is 1. The first kappa shape index (κ1) is 16.4. The van der Waals surface area contributed by atoms with E-state index in [9.17, 15) is 0 Å². The number of hydrogen-bond donors (Lipinski definition) is 0. The molecule has 1 aromatic carbocycles. The van der Waals surface area contributed by atoms with Crippen molar-refractivity contribution in [3.63, 3.8) is 0 Å². The van der Waals surface area contributed by atoms with Crippen LogP contribution in [0.1, 0.15) is 65.4 Å². The van der Waals surface area contributed by atoms with Crippen molar-refractivity contribution in [1.29, 1.82) is 0 Å². The Hall–Kier alpha value is -1.02. The predicted molar refractivity (Wildman–Crippen MR) is 90.1 cm³/mol. The van der Waals surface area contributed by atoms with Crippen molar-refractivity contribution in [1.82, 2.24) is 4.90 Å². The monoisotopic (exact) mass is 289 g/mol. The van der Waals surface area contributed by atoms with Gasteiger partial charge in [-0.05, 0) is 90.6 Å². The average Bonchev–Trinajstić information content (AvgIpc) is 2.64. The van der Waals surface area contributed by atoms with Gasteiger partial charge in [0.05, 0.1) is 6.10 Å². The van der Waals surface area contributed by atoms with Gasteiger partial charge in [0.1, 0.15) is 5.75 Å². The molecule has 0 N–H and O–H groups in total. The van der Waals surface area contributed by atoms with Crippen molar-refractivity contribution in [2.24, 2.45) is 0 Å². The lowest BCUT2D eigenvalue weighted by molar-refractivity contribution is 0.142. The first-order chi connectivity index (χ1) is 9.86. The van der Waals surface area contributed by atoms with E-state index in [1.54, 1.807) is 0 Å². The van der Waals surface area contributed by atoms with Crippen molar-refractivity contribution in [3.8, 4) is 5.75 Å². The fraction of sp³-hybridized carbons (Fsp3) is 0.684. The Morgan fingerprint density at radius 2 is 1.71 bits per heavy atom. The smallest absolute Gasteiger partial charge is 0.119 e. The first-order valence-corrected chi connectivity index (χ1v) is 8.38. The van der Waals surface area contributed by atoms with Gasteiger partial charge in [0.25, 0.3) is 0 Å². The molecule has 0 bridgehead atoms. The molecule has 2 heteroatoms. The van der Waals surface area contributed by atoms with Crippen molar-refractivity contribution in [2.75, 3.05) is 13.1 Å². The summed E-state index contributed by atoms with van der Waals surface area (Å²) in [5, 5.41) is 0. The lowest BCUT2D eigenvalue weighted by atomic mass is 9.92. The Balaban J connectivity index is 1.99. The summed E-state index contributed by atoms with van der Waals surface area (Å²) in [6.07, 6.45) is 4.11. The third kappa shape index (κ3) is 4.74. The number of likely N-dealkylation sites (tertiary alicyclic amines) is 1. The van der Waals surface area contributed by atoms with Gasteiger partial charge in [-0.2, -0.15) is 0 Å². The van der Waals surface area contributed by atoms with E-state index >= 15 is 0 Å². The molecular formula is C19H31NO. The Kier molecular flexibility index (Phi) is 5.32. The number of hydrogen-bond acceptors (Lipinski definition) is 2. The maximum absolute atomic E-state index is 5.73. The van der Waals surface area contributed by atoms with E-state index in [-0.39, 0.29) is 6.10 Å². The van der Waals surface area contributed by atoms with Crippen LogP contribution in [0.15, 0.2) is 24.3 Å². The molecule has 2 rings (SSSR count). The van der Waals surface area contributed by atoms with Crippen molar-refractivity contribution in [3.05, 3.63) is 29.8 Å². The molecule has 2 nitrogen and oxygen atoms in total. The molecule has 1 aliphatic rings. The maximum Gasteiger partial charge on any atom is 0.119 e. The van der Waals surface area contributed by atoms with E-state index in [0.717, 1.165) is 5.75 Å². The molecule has 0 aliphatic carbocycles. The van der Waals surface area contributed by atoms with Crippen LogP contribution in [-0.4, -0.2) is 29.6 Å². The van der Waals surface area contributed by atoms with Crippen molar-refractivity contribution < 1.29 is 4.74 Å². The molecule has 0 radical (unpaired) electrons. The fourth-order valence-corrected chi connectivity index (χ4v) is 3.19. The Bertz CT molecular complexity index is 430. The molecule has 1 heterocycles. The van der Waals surface area contributed by atoms with Crippen LogP contribution in [0.5, 0.6) is 5.75 Å². The standard InChI is InChI=1S/C19H31NO/c1-15(2)21-18-10-8-17(9-11-18)16-7-6-13-20(14-12-16)19(3,4)5/h8-11,15-16H,6-7,12-14H2,1-5H3. The molecule has 1 fully saturated rings. The minimum Gasteiger partial charge on any atom is -0.491 e. The normalized spacial score (nSPS) is 21.3. The summed E-state index contributed by atoms with van der Waals surface area (Å²) < 4.78 is 5.73. The van der Waals surface area contributed by atoms with Gasteiger partial charge in [-0.25, -0.2) is 0 Å². The van der Waals surface area contributed by atoms with Crippen LogP contribution in [0, 0.1) is 0 Å². The second-order valence-electron chi connectivity index (χ2n) is 7.52. The third-order valence-electron chi connectivity index (χ3n) is 4.40. The molecule has 118 valence electrons. The molecule has 1 saturated heterocycles. The highest BCUT2D eigenvalue weighted by Crippen LogP contribution is 2.31. The molecule has 1 unspecified atom stereocenters. The summed E-state index contributed by atoms with van der Waals surface area (Å²) in [6, 6.07) is 8.77. The van der Waals surface area contributed by atoms with E-state index in [4.69, 9.17) is 4.74 Å². The van der Waals surface area contributed by atoms with Crippen molar-refractivity contribution >= 4 is 0 Å². The zero-order valence-corrected chi connectivity index (χ0v) is 14.4. The molecule has 0 spiro atoms. The third-order valence-corrected chi connectivity index (χ3v) is 4.40. The Morgan fingerprint density at radius 3 is 2.29 bits per heavy atom. The molecule has 0 saturated carbocycles. The fourth-order valence-electron chi connectivity index (χ4n) is 3.19. The second kappa shape index (κ2) is 6.83. The molecule has 1 atom stereocenters. The molecule has 1 aromatic rings. The SMILES string of the molecule is CC(C)Oc1ccc(C2CCCN(C(C)(C)C)CC2)cc1. The van der Waals surface area contributed by atoms with E-state index < -0.39 is 0 Å². The first-order valence-electron chi connectivity index (χ1n) is 8.38. The topological polar surface area (TPSA) is 12.5 Å². The minimum atomic E-state index is 0.245. The summed E-state index contributed by atoms with van der Waals surface area (Å²) >= 11 is 0. The van der Waals surface area contributed by atoms with Crippen LogP contribution in [-0.2, 0) is 0 Å². The molecule has 21 heavy (non-hydrogen) atoms. The van der Waals surface area contributed by atoms with Crippen LogP contribution in [0.4, 0.5) is 0 Å². The van der Waals surface area contributed by atoms with Gasteiger partial charge in [-0.3, -0.25) is 4.90 Å². The van der Waals surface area contributed by atoms with E-state index in [1.165, 1.54) is 37.9 Å². The highest BCUT2D eigenvalue weighted by atomic mass is 16.5. The van der Waals surface area contributed by atoms with Gasteiger partial charge in [0, 0.05) is 5.54 Å². The Labute approximate surface area is 130 Å². The lowest BCUT2D eigenvalue weighted by Crippen LogP contribution is -2.41. The van der Waals surface area contributed by atoms with Gasteiger partial charge in [0.15, 0.2) is 0 Å². The molecule has 0 amide bonds. The van der Waals surface area contributed by atoms with Gasteiger partial charge in [-0.15, -0.1) is 0 Å². The number of nitrogens with zero attached hydrogens (tertiary/aromatic N) is 1. The van der Waals surface area contributed by atoms with Gasteiger partial charge in [-0.1, -0.05) is 12.1 Å². The maximum atomic E-state index is 5.73.